The number of carbonyl (C=O) groups is 2. The average Bonchev–Trinajstić information content (AvgIpc) is 3.13. The highest BCUT2D eigenvalue weighted by Crippen LogP contribution is 2.22. The molecule has 0 aromatic heterocycles. The Balaban J connectivity index is 1.32. The Morgan fingerprint density at radius 3 is 2.10 bits per heavy atom. The van der Waals surface area contributed by atoms with Gasteiger partial charge in [-0.3, -0.25) is 14.5 Å². The van der Waals surface area contributed by atoms with Gasteiger partial charge >= 0.3 is 0 Å². The van der Waals surface area contributed by atoms with Gasteiger partial charge in [0.1, 0.15) is 17.5 Å². The SMILES string of the molecule is COc1ccc(CN(C(=O)COc2ccc(S(=O)(=O)N3CCOCC3)cc2)[C@H](Cc2ccccc2)C(=O)NCCN2CCOCC2)cc1. The maximum atomic E-state index is 14.0. The van der Waals surface area contributed by atoms with Crippen molar-refractivity contribution in [1.29, 1.82) is 0 Å². The molecule has 2 heterocycles. The molecule has 2 aliphatic heterocycles. The number of carbonyl (C=O) groups excluding carboxylic acids is 2. The zero-order valence-electron chi connectivity index (χ0n) is 27.3. The molecule has 0 radical (unpaired) electrons. The van der Waals surface area contributed by atoms with E-state index in [1.54, 1.807) is 12.0 Å². The normalized spacial score (nSPS) is 16.5. The number of sulfonamides is 1. The highest BCUT2D eigenvalue weighted by atomic mass is 32.2. The van der Waals surface area contributed by atoms with Crippen molar-refractivity contribution in [3.8, 4) is 11.5 Å². The van der Waals surface area contributed by atoms with Gasteiger partial charge in [-0.05, 0) is 47.5 Å². The van der Waals surface area contributed by atoms with Crippen molar-refractivity contribution in [2.24, 2.45) is 0 Å². The van der Waals surface area contributed by atoms with Gasteiger partial charge in [0.2, 0.25) is 15.9 Å². The van der Waals surface area contributed by atoms with Crippen LogP contribution in [0.2, 0.25) is 0 Å². The van der Waals surface area contributed by atoms with Crippen LogP contribution in [0, 0.1) is 0 Å². The van der Waals surface area contributed by atoms with Crippen LogP contribution in [0.3, 0.4) is 0 Å². The van der Waals surface area contributed by atoms with Crippen LogP contribution >= 0.6 is 0 Å². The Morgan fingerprint density at radius 1 is 0.833 bits per heavy atom. The first kappa shape index (κ1) is 35.3. The first-order chi connectivity index (χ1) is 23.3. The minimum absolute atomic E-state index is 0.140. The molecule has 13 heteroatoms. The molecule has 0 bridgehead atoms. The highest BCUT2D eigenvalue weighted by molar-refractivity contribution is 7.89. The summed E-state index contributed by atoms with van der Waals surface area (Å²) < 4.78 is 49.4. The fourth-order valence-corrected chi connectivity index (χ4v) is 7.04. The quantitative estimate of drug-likeness (QED) is 0.257. The zero-order chi connectivity index (χ0) is 33.8. The van der Waals surface area contributed by atoms with Crippen molar-refractivity contribution in [2.75, 3.05) is 79.4 Å². The van der Waals surface area contributed by atoms with E-state index in [-0.39, 0.29) is 29.9 Å². The molecular weight excluding hydrogens is 636 g/mol. The van der Waals surface area contributed by atoms with Crippen LogP contribution in [0.4, 0.5) is 0 Å². The van der Waals surface area contributed by atoms with Gasteiger partial charge in [-0.15, -0.1) is 0 Å². The van der Waals surface area contributed by atoms with Crippen molar-refractivity contribution in [1.82, 2.24) is 19.4 Å². The monoisotopic (exact) mass is 680 g/mol. The standard InChI is InChI=1S/C35H44N4O8S/c1-44-30-9-7-29(8-10-30)26-39(33(25-28-5-3-2-4-6-28)35(41)36-15-16-37-17-21-45-22-18-37)34(40)27-47-31-11-13-32(14-12-31)48(42,43)38-19-23-46-24-20-38/h2-14,33H,15-27H2,1H3,(H,36,41)/t33-/m1/s1. The maximum absolute atomic E-state index is 14.0. The topological polar surface area (TPSA) is 127 Å². The predicted octanol–water partition coefficient (Wildman–Crippen LogP) is 2.18. The van der Waals surface area contributed by atoms with Crippen LogP contribution in [-0.4, -0.2) is 120 Å². The van der Waals surface area contributed by atoms with Gasteiger partial charge in [-0.25, -0.2) is 8.42 Å². The molecule has 0 spiro atoms. The predicted molar refractivity (Wildman–Crippen MR) is 179 cm³/mol. The number of ether oxygens (including phenoxy) is 4. The summed E-state index contributed by atoms with van der Waals surface area (Å²) in [5.41, 5.74) is 1.73. The molecule has 1 atom stereocenters. The fourth-order valence-electron chi connectivity index (χ4n) is 5.63. The van der Waals surface area contributed by atoms with Crippen LogP contribution in [-0.2, 0) is 42.1 Å². The maximum Gasteiger partial charge on any atom is 0.261 e. The molecule has 0 saturated carbocycles. The lowest BCUT2D eigenvalue weighted by Gasteiger charge is -2.32. The summed E-state index contributed by atoms with van der Waals surface area (Å²) in [6.45, 7) is 5.18. The summed E-state index contributed by atoms with van der Waals surface area (Å²) in [7, 11) is -2.08. The molecule has 2 fully saturated rings. The Hall–Kier alpha value is -4.01. The molecule has 0 aliphatic carbocycles. The number of hydrogen-bond acceptors (Lipinski definition) is 9. The van der Waals surface area contributed by atoms with E-state index in [1.807, 2.05) is 54.6 Å². The van der Waals surface area contributed by atoms with Gasteiger partial charge in [-0.1, -0.05) is 42.5 Å². The van der Waals surface area contributed by atoms with Gasteiger partial charge in [-0.2, -0.15) is 4.31 Å². The Kier molecular flexibility index (Phi) is 12.8. The van der Waals surface area contributed by atoms with E-state index in [1.165, 1.54) is 28.6 Å². The number of morpholine rings is 2. The van der Waals surface area contributed by atoms with Gasteiger partial charge in [0.25, 0.3) is 5.91 Å². The van der Waals surface area contributed by atoms with Crippen molar-refractivity contribution < 1.29 is 37.0 Å². The summed E-state index contributed by atoms with van der Waals surface area (Å²) in [5, 5.41) is 3.07. The number of benzene rings is 3. The molecule has 0 unspecified atom stereocenters. The molecule has 2 aliphatic rings. The first-order valence-corrected chi connectivity index (χ1v) is 17.6. The third kappa shape index (κ3) is 9.77. The summed E-state index contributed by atoms with van der Waals surface area (Å²) >= 11 is 0. The summed E-state index contributed by atoms with van der Waals surface area (Å²) in [5.74, 6) is 0.371. The number of hydrogen-bond donors (Lipinski definition) is 1. The minimum atomic E-state index is -3.67. The summed E-state index contributed by atoms with van der Waals surface area (Å²) in [6.07, 6.45) is 0.306. The van der Waals surface area contributed by atoms with E-state index in [0.29, 0.717) is 70.5 Å². The number of nitrogens with zero attached hydrogens (tertiary/aromatic N) is 3. The lowest BCUT2D eigenvalue weighted by molar-refractivity contribution is -0.142. The third-order valence-electron chi connectivity index (χ3n) is 8.41. The second-order valence-corrected chi connectivity index (χ2v) is 13.5. The molecule has 2 amide bonds. The number of nitrogens with one attached hydrogen (secondary N) is 1. The van der Waals surface area contributed by atoms with Gasteiger partial charge in [0.15, 0.2) is 6.61 Å². The van der Waals surface area contributed by atoms with E-state index < -0.39 is 16.1 Å². The smallest absolute Gasteiger partial charge is 0.261 e. The number of methoxy groups -OCH3 is 1. The van der Waals surface area contributed by atoms with Crippen LogP contribution in [0.1, 0.15) is 11.1 Å². The van der Waals surface area contributed by atoms with Crippen LogP contribution < -0.4 is 14.8 Å². The van der Waals surface area contributed by atoms with E-state index in [4.69, 9.17) is 18.9 Å². The second-order valence-electron chi connectivity index (χ2n) is 11.6. The van der Waals surface area contributed by atoms with Gasteiger partial charge in [0.05, 0.1) is 38.4 Å². The zero-order valence-corrected chi connectivity index (χ0v) is 28.1. The average molecular weight is 681 g/mol. The van der Waals surface area contributed by atoms with Crippen molar-refractivity contribution in [3.63, 3.8) is 0 Å². The molecule has 12 nitrogen and oxygen atoms in total. The number of rotatable bonds is 15. The molecule has 3 aromatic carbocycles. The largest absolute Gasteiger partial charge is 0.497 e. The fraction of sp³-hybridized carbons (Fsp3) is 0.429. The summed E-state index contributed by atoms with van der Waals surface area (Å²) in [4.78, 5) is 31.8. The Morgan fingerprint density at radius 2 is 1.46 bits per heavy atom. The molecule has 2 saturated heterocycles. The molecule has 1 N–H and O–H groups in total. The molecular formula is C35H44N4O8S. The Labute approximate surface area is 282 Å². The molecule has 258 valence electrons. The van der Waals surface area contributed by atoms with Crippen molar-refractivity contribution in [3.05, 3.63) is 90.0 Å². The van der Waals surface area contributed by atoms with Crippen LogP contribution in [0.25, 0.3) is 0 Å². The highest BCUT2D eigenvalue weighted by Gasteiger charge is 2.31. The Bertz CT molecular complexity index is 1560. The van der Waals surface area contributed by atoms with Gasteiger partial charge < -0.3 is 29.2 Å². The molecule has 5 rings (SSSR count). The van der Waals surface area contributed by atoms with E-state index in [0.717, 1.165) is 24.2 Å². The molecule has 3 aromatic rings. The van der Waals surface area contributed by atoms with E-state index in [2.05, 4.69) is 10.2 Å². The van der Waals surface area contributed by atoms with Crippen molar-refractivity contribution >= 4 is 21.8 Å². The lowest BCUT2D eigenvalue weighted by Crippen LogP contribution is -2.52. The van der Waals surface area contributed by atoms with Crippen LogP contribution in [0.5, 0.6) is 11.5 Å². The first-order valence-electron chi connectivity index (χ1n) is 16.2. The number of amides is 2. The van der Waals surface area contributed by atoms with Crippen molar-refractivity contribution in [2.45, 2.75) is 23.9 Å². The second kappa shape index (κ2) is 17.4. The minimum Gasteiger partial charge on any atom is -0.497 e. The molecule has 48 heavy (non-hydrogen) atoms. The third-order valence-corrected chi connectivity index (χ3v) is 10.3. The lowest BCUT2D eigenvalue weighted by atomic mass is 10.0. The van der Waals surface area contributed by atoms with Gasteiger partial charge in [0, 0.05) is 52.2 Å². The van der Waals surface area contributed by atoms with E-state index >= 15 is 0 Å². The van der Waals surface area contributed by atoms with Crippen LogP contribution in [0.15, 0.2) is 83.8 Å². The summed E-state index contributed by atoms with van der Waals surface area (Å²) in [6, 6.07) is 22.2. The van der Waals surface area contributed by atoms with E-state index in [9.17, 15) is 18.0 Å².